The number of hydrogen-bond donors (Lipinski definition) is 1. The lowest BCUT2D eigenvalue weighted by Crippen LogP contribution is -2.36. The van der Waals surface area contributed by atoms with Crippen LogP contribution in [0.15, 0.2) is 54.6 Å². The molecule has 3 nitrogen and oxygen atoms in total. The zero-order valence-electron chi connectivity index (χ0n) is 13.5. The fourth-order valence-corrected chi connectivity index (χ4v) is 2.36. The fourth-order valence-electron chi connectivity index (χ4n) is 2.13. The Morgan fingerprint density at radius 2 is 1.48 bits per heavy atom. The SMILES string of the molecule is CC(C)(C)c1ccc(C(=O)NC(Cl)C(=O)c2ccccc2)cc1. The zero-order chi connectivity index (χ0) is 17.0. The molecule has 0 saturated carbocycles. The molecule has 1 unspecified atom stereocenters. The number of halogens is 1. The smallest absolute Gasteiger partial charge is 0.252 e. The molecule has 0 fully saturated rings. The second-order valence-electron chi connectivity index (χ2n) is 6.39. The third kappa shape index (κ3) is 4.42. The van der Waals surface area contributed by atoms with Crippen molar-refractivity contribution in [1.29, 1.82) is 0 Å². The maximum absolute atomic E-state index is 12.2. The molecule has 23 heavy (non-hydrogen) atoms. The molecule has 0 bridgehead atoms. The van der Waals surface area contributed by atoms with E-state index in [1.807, 2.05) is 18.2 Å². The van der Waals surface area contributed by atoms with E-state index in [0.717, 1.165) is 5.56 Å². The van der Waals surface area contributed by atoms with Gasteiger partial charge < -0.3 is 5.32 Å². The van der Waals surface area contributed by atoms with E-state index in [1.165, 1.54) is 0 Å². The van der Waals surface area contributed by atoms with Crippen LogP contribution in [-0.4, -0.2) is 17.2 Å². The standard InChI is InChI=1S/C19H20ClNO2/c1-19(2,3)15-11-9-14(10-12-15)18(23)21-17(20)16(22)13-7-5-4-6-8-13/h4-12,17H,1-3H3,(H,21,23). The maximum atomic E-state index is 12.2. The minimum atomic E-state index is -1.09. The van der Waals surface area contributed by atoms with Crippen molar-refractivity contribution in [2.75, 3.05) is 0 Å². The van der Waals surface area contributed by atoms with Crippen molar-refractivity contribution in [2.45, 2.75) is 31.7 Å². The number of rotatable bonds is 4. The topological polar surface area (TPSA) is 46.2 Å². The number of hydrogen-bond acceptors (Lipinski definition) is 2. The number of nitrogens with one attached hydrogen (secondary N) is 1. The highest BCUT2D eigenvalue weighted by Gasteiger charge is 2.20. The molecule has 0 radical (unpaired) electrons. The van der Waals surface area contributed by atoms with E-state index in [9.17, 15) is 9.59 Å². The van der Waals surface area contributed by atoms with E-state index in [4.69, 9.17) is 11.6 Å². The molecule has 0 aliphatic carbocycles. The zero-order valence-corrected chi connectivity index (χ0v) is 14.2. The van der Waals surface area contributed by atoms with Gasteiger partial charge in [-0.3, -0.25) is 9.59 Å². The quantitative estimate of drug-likeness (QED) is 0.520. The van der Waals surface area contributed by atoms with Gasteiger partial charge in [0.25, 0.3) is 5.91 Å². The Balaban J connectivity index is 2.05. The van der Waals surface area contributed by atoms with Crippen LogP contribution in [0, 0.1) is 0 Å². The summed E-state index contributed by atoms with van der Waals surface area (Å²) in [5.74, 6) is -0.693. The fraction of sp³-hybridized carbons (Fsp3) is 0.263. The van der Waals surface area contributed by atoms with E-state index in [0.29, 0.717) is 11.1 Å². The van der Waals surface area contributed by atoms with Gasteiger partial charge in [-0.1, -0.05) is 74.8 Å². The molecular weight excluding hydrogens is 310 g/mol. The Morgan fingerprint density at radius 3 is 2.00 bits per heavy atom. The van der Waals surface area contributed by atoms with Crippen LogP contribution >= 0.6 is 11.6 Å². The average Bonchev–Trinajstić information content (AvgIpc) is 2.54. The molecule has 0 aliphatic rings. The summed E-state index contributed by atoms with van der Waals surface area (Å²) in [6, 6.07) is 16.0. The lowest BCUT2D eigenvalue weighted by molar-refractivity contribution is 0.0889. The van der Waals surface area contributed by atoms with Gasteiger partial charge in [0.05, 0.1) is 0 Å². The third-order valence-corrected chi connectivity index (χ3v) is 3.87. The van der Waals surface area contributed by atoms with Crippen LogP contribution in [0.2, 0.25) is 0 Å². The molecule has 1 amide bonds. The predicted molar refractivity (Wildman–Crippen MR) is 93.0 cm³/mol. The van der Waals surface area contributed by atoms with Crippen LogP contribution in [0.25, 0.3) is 0 Å². The van der Waals surface area contributed by atoms with Crippen molar-refractivity contribution in [3.8, 4) is 0 Å². The molecule has 2 rings (SSSR count). The highest BCUT2D eigenvalue weighted by atomic mass is 35.5. The molecule has 0 spiro atoms. The van der Waals surface area contributed by atoms with E-state index in [1.54, 1.807) is 36.4 Å². The van der Waals surface area contributed by atoms with Crippen LogP contribution in [0.4, 0.5) is 0 Å². The summed E-state index contributed by atoms with van der Waals surface area (Å²) in [7, 11) is 0. The van der Waals surface area contributed by atoms with Gasteiger partial charge in [0.15, 0.2) is 11.3 Å². The van der Waals surface area contributed by atoms with Crippen LogP contribution in [0.1, 0.15) is 47.1 Å². The van der Waals surface area contributed by atoms with Gasteiger partial charge in [-0.2, -0.15) is 0 Å². The molecule has 2 aromatic carbocycles. The normalized spacial score (nSPS) is 12.5. The Labute approximate surface area is 141 Å². The third-order valence-electron chi connectivity index (χ3n) is 3.56. The lowest BCUT2D eigenvalue weighted by atomic mass is 9.87. The Morgan fingerprint density at radius 1 is 0.913 bits per heavy atom. The lowest BCUT2D eigenvalue weighted by Gasteiger charge is -2.19. The largest absolute Gasteiger partial charge is 0.329 e. The number of carbonyl (C=O) groups excluding carboxylic acids is 2. The first-order valence-electron chi connectivity index (χ1n) is 7.44. The van der Waals surface area contributed by atoms with Crippen molar-refractivity contribution < 1.29 is 9.59 Å². The highest BCUT2D eigenvalue weighted by molar-refractivity contribution is 6.34. The van der Waals surface area contributed by atoms with E-state index < -0.39 is 5.50 Å². The summed E-state index contributed by atoms with van der Waals surface area (Å²) in [6.07, 6.45) is 0. The molecule has 2 aromatic rings. The first-order valence-corrected chi connectivity index (χ1v) is 7.87. The average molecular weight is 330 g/mol. The summed E-state index contributed by atoms with van der Waals surface area (Å²) in [6.45, 7) is 6.32. The Hall–Kier alpha value is -2.13. The van der Waals surface area contributed by atoms with Gasteiger partial charge in [-0.25, -0.2) is 0 Å². The van der Waals surface area contributed by atoms with E-state index in [2.05, 4.69) is 26.1 Å². The van der Waals surface area contributed by atoms with Gasteiger partial charge in [-0.15, -0.1) is 0 Å². The van der Waals surface area contributed by atoms with Crippen molar-refractivity contribution in [1.82, 2.24) is 5.32 Å². The van der Waals surface area contributed by atoms with Gasteiger partial charge >= 0.3 is 0 Å². The second kappa shape index (κ2) is 6.97. The van der Waals surface area contributed by atoms with Crippen LogP contribution in [0.3, 0.4) is 0 Å². The summed E-state index contributed by atoms with van der Waals surface area (Å²) in [4.78, 5) is 24.4. The second-order valence-corrected chi connectivity index (χ2v) is 6.83. The first kappa shape index (κ1) is 17.2. The number of ketones is 1. The highest BCUT2D eigenvalue weighted by Crippen LogP contribution is 2.22. The van der Waals surface area contributed by atoms with Gasteiger partial charge in [0.1, 0.15) is 0 Å². The number of Topliss-reactive ketones (excluding diaryl/α,β-unsaturated/α-hetero) is 1. The van der Waals surface area contributed by atoms with Gasteiger partial charge in [0, 0.05) is 11.1 Å². The molecule has 4 heteroatoms. The van der Waals surface area contributed by atoms with Crippen molar-refractivity contribution in [2.24, 2.45) is 0 Å². The Bertz CT molecular complexity index is 688. The summed E-state index contributed by atoms with van der Waals surface area (Å²) in [5.41, 5.74) is 1.01. The van der Waals surface area contributed by atoms with Crippen molar-refractivity contribution in [3.05, 3.63) is 71.3 Å². The molecule has 1 N–H and O–H groups in total. The summed E-state index contributed by atoms with van der Waals surface area (Å²) >= 11 is 6.03. The molecule has 0 heterocycles. The first-order chi connectivity index (χ1) is 10.8. The summed E-state index contributed by atoms with van der Waals surface area (Å²) in [5, 5.41) is 2.53. The molecule has 0 aromatic heterocycles. The molecule has 0 aliphatic heterocycles. The monoisotopic (exact) mass is 329 g/mol. The predicted octanol–water partition coefficient (Wildman–Crippen LogP) is 4.16. The minimum absolute atomic E-state index is 0.0211. The molecular formula is C19H20ClNO2. The number of alkyl halides is 1. The van der Waals surface area contributed by atoms with Crippen LogP contribution in [-0.2, 0) is 5.41 Å². The molecule has 1 atom stereocenters. The van der Waals surface area contributed by atoms with Gasteiger partial charge in [0.2, 0.25) is 0 Å². The molecule has 0 saturated heterocycles. The summed E-state index contributed by atoms with van der Waals surface area (Å²) < 4.78 is 0. The minimum Gasteiger partial charge on any atom is -0.329 e. The Kier molecular flexibility index (Phi) is 5.22. The number of carbonyl (C=O) groups is 2. The molecule has 120 valence electrons. The maximum Gasteiger partial charge on any atom is 0.252 e. The van der Waals surface area contributed by atoms with Crippen LogP contribution in [0.5, 0.6) is 0 Å². The van der Waals surface area contributed by atoms with E-state index >= 15 is 0 Å². The number of benzene rings is 2. The number of amides is 1. The van der Waals surface area contributed by atoms with Gasteiger partial charge in [-0.05, 0) is 23.1 Å². The van der Waals surface area contributed by atoms with Crippen molar-refractivity contribution in [3.63, 3.8) is 0 Å². The van der Waals surface area contributed by atoms with E-state index in [-0.39, 0.29) is 17.1 Å². The van der Waals surface area contributed by atoms with Crippen LogP contribution < -0.4 is 5.32 Å². The van der Waals surface area contributed by atoms with Crippen molar-refractivity contribution >= 4 is 23.3 Å².